The van der Waals surface area contributed by atoms with Crippen molar-refractivity contribution in [2.45, 2.75) is 10.7 Å². The van der Waals surface area contributed by atoms with Gasteiger partial charge in [-0.15, -0.1) is 0 Å². The number of hydrogen-bond acceptors (Lipinski definition) is 1. The molecule has 0 aromatic rings. The minimum atomic E-state index is -1.79. The highest BCUT2D eigenvalue weighted by Crippen LogP contribution is 2.35. The first-order chi connectivity index (χ1) is 4.93. The maximum Gasteiger partial charge on any atom is 0.174 e. The molecule has 0 heterocycles. The van der Waals surface area contributed by atoms with Crippen LogP contribution in [0.5, 0.6) is 0 Å². The third kappa shape index (κ3) is 1.89. The molecule has 0 aromatic carbocycles. The smallest absolute Gasteiger partial charge is 0.174 e. The van der Waals surface area contributed by atoms with Crippen LogP contribution in [0.25, 0.3) is 0 Å². The second-order valence-electron chi connectivity index (χ2n) is 2.14. The van der Waals surface area contributed by atoms with Crippen LogP contribution >= 0.6 is 31.9 Å². The van der Waals surface area contributed by atoms with E-state index in [0.29, 0.717) is 6.08 Å². The Morgan fingerprint density at radius 2 is 2.18 bits per heavy atom. The fourth-order valence-corrected chi connectivity index (χ4v) is 1.80. The molecule has 0 saturated heterocycles. The lowest BCUT2D eigenvalue weighted by Crippen LogP contribution is -2.31. The topological polar surface area (TPSA) is 20.2 Å². The molecule has 0 spiro atoms. The average molecular weight is 290 g/mol. The summed E-state index contributed by atoms with van der Waals surface area (Å²) in [6.45, 7) is 0. The number of halogens is 4. The van der Waals surface area contributed by atoms with Gasteiger partial charge in [0.15, 0.2) is 10.7 Å². The van der Waals surface area contributed by atoms with Crippen LogP contribution in [0.2, 0.25) is 0 Å². The van der Waals surface area contributed by atoms with Crippen molar-refractivity contribution in [3.63, 3.8) is 0 Å². The highest BCUT2D eigenvalue weighted by Gasteiger charge is 2.35. The molecule has 0 fully saturated rings. The number of allylic oxidation sites excluding steroid dienone is 2. The van der Waals surface area contributed by atoms with Crippen LogP contribution in [0.3, 0.4) is 0 Å². The Morgan fingerprint density at radius 1 is 1.64 bits per heavy atom. The van der Waals surface area contributed by atoms with Gasteiger partial charge in [0, 0.05) is 0 Å². The Balaban J connectivity index is 2.98. The van der Waals surface area contributed by atoms with E-state index in [1.54, 1.807) is 0 Å². The summed E-state index contributed by atoms with van der Waals surface area (Å²) in [7, 11) is 0. The average Bonchev–Trinajstić information content (AvgIpc) is 1.83. The predicted octanol–water partition coefficient (Wildman–Crippen LogP) is 2.55. The fourth-order valence-electron chi connectivity index (χ4n) is 0.651. The Kier molecular flexibility index (Phi) is 2.51. The van der Waals surface area contributed by atoms with E-state index in [-0.39, 0.29) is 4.48 Å². The van der Waals surface area contributed by atoms with E-state index in [9.17, 15) is 8.78 Å². The molecule has 0 aliphatic heterocycles. The first-order valence-electron chi connectivity index (χ1n) is 2.75. The van der Waals surface area contributed by atoms with E-state index in [0.717, 1.165) is 6.08 Å². The van der Waals surface area contributed by atoms with Crippen molar-refractivity contribution in [2.75, 3.05) is 0 Å². The lowest BCUT2D eigenvalue weighted by Gasteiger charge is -2.23. The molecule has 0 aromatic heterocycles. The summed E-state index contributed by atoms with van der Waals surface area (Å²) in [5.74, 6) is -0.707. The van der Waals surface area contributed by atoms with Crippen LogP contribution in [0, 0.1) is 0 Å². The van der Waals surface area contributed by atoms with Crippen LogP contribution in [0.1, 0.15) is 0 Å². The molecule has 2 unspecified atom stereocenters. The van der Waals surface area contributed by atoms with E-state index in [2.05, 4.69) is 31.9 Å². The molecule has 1 aliphatic rings. The number of rotatable bonds is 0. The minimum absolute atomic E-state index is 0.0470. The molecule has 0 saturated carbocycles. The van der Waals surface area contributed by atoms with E-state index in [4.69, 9.17) is 5.11 Å². The van der Waals surface area contributed by atoms with Crippen molar-refractivity contribution < 1.29 is 13.9 Å². The summed E-state index contributed by atoms with van der Waals surface area (Å²) < 4.78 is 23.5. The van der Waals surface area contributed by atoms with Crippen molar-refractivity contribution in [3.05, 3.63) is 22.5 Å². The molecule has 1 aliphatic carbocycles. The summed E-state index contributed by atoms with van der Waals surface area (Å²) in [5, 5.41) is 9.16. The SMILES string of the molecule is OC1(Br)C=C(Br)C(F)=CC1F. The molecule has 62 valence electrons. The third-order valence-electron chi connectivity index (χ3n) is 1.24. The van der Waals surface area contributed by atoms with E-state index >= 15 is 0 Å². The molecule has 11 heavy (non-hydrogen) atoms. The van der Waals surface area contributed by atoms with Crippen LogP contribution in [0.4, 0.5) is 8.78 Å². The Morgan fingerprint density at radius 3 is 2.64 bits per heavy atom. The van der Waals surface area contributed by atoms with E-state index < -0.39 is 16.5 Å². The van der Waals surface area contributed by atoms with Gasteiger partial charge in [-0.05, 0) is 44.0 Å². The van der Waals surface area contributed by atoms with Crippen LogP contribution < -0.4 is 0 Å². The second-order valence-corrected chi connectivity index (χ2v) is 4.26. The van der Waals surface area contributed by atoms with Gasteiger partial charge in [0.25, 0.3) is 0 Å². The first kappa shape index (κ1) is 9.35. The van der Waals surface area contributed by atoms with Crippen LogP contribution in [0.15, 0.2) is 22.5 Å². The molecule has 0 bridgehead atoms. The standard InChI is InChI=1S/C6H4Br2F2O/c7-3-2-6(8,11)5(10)1-4(3)9/h1-2,5,11H. The normalized spacial score (nSPS) is 38.1. The molecule has 1 N–H and O–H groups in total. The van der Waals surface area contributed by atoms with Gasteiger partial charge in [-0.2, -0.15) is 0 Å². The molecule has 0 amide bonds. The summed E-state index contributed by atoms with van der Waals surface area (Å²) in [6.07, 6.45) is -0.0462. The minimum Gasteiger partial charge on any atom is -0.372 e. The predicted molar refractivity (Wildman–Crippen MR) is 45.0 cm³/mol. The molecule has 5 heteroatoms. The zero-order valence-corrected chi connectivity index (χ0v) is 8.36. The summed E-state index contributed by atoms with van der Waals surface area (Å²) >= 11 is 5.51. The van der Waals surface area contributed by atoms with Gasteiger partial charge in [0.2, 0.25) is 0 Å². The quantitative estimate of drug-likeness (QED) is 0.680. The Labute approximate surface area is 79.0 Å². The van der Waals surface area contributed by atoms with Gasteiger partial charge in [0.05, 0.1) is 4.48 Å². The van der Waals surface area contributed by atoms with Crippen LogP contribution in [-0.2, 0) is 0 Å². The van der Waals surface area contributed by atoms with Gasteiger partial charge >= 0.3 is 0 Å². The zero-order chi connectivity index (χ0) is 8.65. The Bertz CT molecular complexity index is 235. The highest BCUT2D eigenvalue weighted by atomic mass is 79.9. The lowest BCUT2D eigenvalue weighted by molar-refractivity contribution is 0.115. The van der Waals surface area contributed by atoms with Gasteiger partial charge in [-0.3, -0.25) is 0 Å². The van der Waals surface area contributed by atoms with Crippen molar-refractivity contribution in [3.8, 4) is 0 Å². The first-order valence-corrected chi connectivity index (χ1v) is 4.33. The van der Waals surface area contributed by atoms with Crippen molar-refractivity contribution >= 4 is 31.9 Å². The molecular weight excluding hydrogens is 286 g/mol. The van der Waals surface area contributed by atoms with Crippen molar-refractivity contribution in [1.82, 2.24) is 0 Å². The molecule has 1 nitrogen and oxygen atoms in total. The third-order valence-corrected chi connectivity index (χ3v) is 2.51. The molecule has 2 atom stereocenters. The molecule has 1 rings (SSSR count). The molecule has 0 radical (unpaired) electrons. The summed E-state index contributed by atoms with van der Waals surface area (Å²) in [5.41, 5.74) is 0. The zero-order valence-electron chi connectivity index (χ0n) is 5.19. The van der Waals surface area contributed by atoms with Crippen molar-refractivity contribution in [2.24, 2.45) is 0 Å². The van der Waals surface area contributed by atoms with E-state index in [1.807, 2.05) is 0 Å². The summed E-state index contributed by atoms with van der Waals surface area (Å²) in [6, 6.07) is 0. The van der Waals surface area contributed by atoms with Gasteiger partial charge in [0.1, 0.15) is 5.83 Å². The lowest BCUT2D eigenvalue weighted by atomic mass is 10.1. The van der Waals surface area contributed by atoms with Gasteiger partial charge in [-0.1, -0.05) is 0 Å². The van der Waals surface area contributed by atoms with Crippen molar-refractivity contribution in [1.29, 1.82) is 0 Å². The maximum absolute atomic E-state index is 12.7. The Hall–Kier alpha value is 0.260. The number of aliphatic hydroxyl groups is 1. The van der Waals surface area contributed by atoms with E-state index in [1.165, 1.54) is 0 Å². The number of hydrogen-bond donors (Lipinski definition) is 1. The molecular formula is C6H4Br2F2O. The second kappa shape index (κ2) is 2.95. The fraction of sp³-hybridized carbons (Fsp3) is 0.333. The monoisotopic (exact) mass is 288 g/mol. The summed E-state index contributed by atoms with van der Waals surface area (Å²) in [4.78, 5) is 0. The van der Waals surface area contributed by atoms with Gasteiger partial charge in [-0.25, -0.2) is 8.78 Å². The number of alkyl halides is 2. The van der Waals surface area contributed by atoms with Crippen LogP contribution in [-0.4, -0.2) is 15.8 Å². The maximum atomic E-state index is 12.7. The van der Waals surface area contributed by atoms with Gasteiger partial charge < -0.3 is 5.11 Å². The largest absolute Gasteiger partial charge is 0.372 e. The highest BCUT2D eigenvalue weighted by molar-refractivity contribution is 9.12.